The van der Waals surface area contributed by atoms with Crippen molar-refractivity contribution in [1.82, 2.24) is 20.2 Å². The second-order valence-electron chi connectivity index (χ2n) is 6.68. The number of allylic oxidation sites excluding steroid dienone is 1. The van der Waals surface area contributed by atoms with E-state index in [9.17, 15) is 10.4 Å². The minimum atomic E-state index is -0.0245. The molecule has 0 aliphatic heterocycles. The molecule has 144 valence electrons. The lowest BCUT2D eigenvalue weighted by atomic mass is 9.96. The Balaban J connectivity index is 1.42. The Hall–Kier alpha value is -2.57. The summed E-state index contributed by atoms with van der Waals surface area (Å²) in [7, 11) is 0. The van der Waals surface area contributed by atoms with Crippen LogP contribution in [0.25, 0.3) is 16.6 Å². The molecule has 0 bridgehead atoms. The molecule has 3 N–H and O–H groups in total. The third kappa shape index (κ3) is 4.29. The molecule has 4 rings (SSSR count). The van der Waals surface area contributed by atoms with Crippen LogP contribution in [0.3, 0.4) is 0 Å². The third-order valence-corrected chi connectivity index (χ3v) is 6.70. The maximum Gasteiger partial charge on any atom is 0.206 e. The van der Waals surface area contributed by atoms with Gasteiger partial charge in [-0.25, -0.2) is 4.98 Å². The molecule has 7 nitrogen and oxygen atoms in total. The molecule has 1 aliphatic rings. The predicted molar refractivity (Wildman–Crippen MR) is 112 cm³/mol. The van der Waals surface area contributed by atoms with Crippen LogP contribution < -0.4 is 5.32 Å². The van der Waals surface area contributed by atoms with Gasteiger partial charge >= 0.3 is 0 Å². The average Bonchev–Trinajstić information content (AvgIpc) is 3.34. The molecule has 1 aromatic carbocycles. The molecule has 0 radical (unpaired) electrons. The minimum Gasteiger partial charge on any atom is -0.510 e. The van der Waals surface area contributed by atoms with Crippen LogP contribution in [0.1, 0.15) is 37.9 Å². The molecule has 0 unspecified atom stereocenters. The number of aromatic amines is 1. The molecule has 1 saturated carbocycles. The van der Waals surface area contributed by atoms with Gasteiger partial charge < -0.3 is 15.4 Å². The Bertz CT molecular complexity index is 995. The number of H-pyrrole nitrogens is 1. The molecule has 2 heterocycles. The Morgan fingerprint density at radius 3 is 2.89 bits per heavy atom. The zero-order chi connectivity index (χ0) is 19.3. The summed E-state index contributed by atoms with van der Waals surface area (Å²) in [4.78, 5) is 7.47. The van der Waals surface area contributed by atoms with Gasteiger partial charge in [0.25, 0.3) is 0 Å². The van der Waals surface area contributed by atoms with E-state index in [0.717, 1.165) is 20.5 Å². The fourth-order valence-electron chi connectivity index (χ4n) is 3.28. The van der Waals surface area contributed by atoms with Gasteiger partial charge in [0.1, 0.15) is 17.4 Å². The summed E-state index contributed by atoms with van der Waals surface area (Å²) in [6.07, 6.45) is 6.18. The number of benzene rings is 1. The monoisotopic (exact) mass is 412 g/mol. The number of nitrogens with zero attached hydrogens (tertiary/aromatic N) is 4. The first kappa shape index (κ1) is 18.8. The molecule has 0 spiro atoms. The van der Waals surface area contributed by atoms with Crippen molar-refractivity contribution < 1.29 is 5.11 Å². The van der Waals surface area contributed by atoms with Gasteiger partial charge in [-0.3, -0.25) is 0 Å². The van der Waals surface area contributed by atoms with Crippen molar-refractivity contribution >= 4 is 44.8 Å². The number of hydrogen-bond donors (Lipinski definition) is 3. The van der Waals surface area contributed by atoms with Crippen molar-refractivity contribution in [2.75, 3.05) is 11.1 Å². The summed E-state index contributed by atoms with van der Waals surface area (Å²) < 4.78 is 0.756. The number of fused-ring (bicyclic) bond motifs is 1. The lowest BCUT2D eigenvalue weighted by molar-refractivity contribution is 0.420. The predicted octanol–water partition coefficient (Wildman–Crippen LogP) is 4.74. The molecule has 0 atom stereocenters. The number of anilines is 1. The summed E-state index contributed by atoms with van der Waals surface area (Å²) >= 11 is 2.84. The van der Waals surface area contributed by atoms with E-state index in [0.29, 0.717) is 11.9 Å². The van der Waals surface area contributed by atoms with Crippen molar-refractivity contribution in [2.24, 2.45) is 0 Å². The van der Waals surface area contributed by atoms with Crippen LogP contribution in [0.2, 0.25) is 0 Å². The van der Waals surface area contributed by atoms with Crippen LogP contribution in [0.4, 0.5) is 5.13 Å². The summed E-state index contributed by atoms with van der Waals surface area (Å²) in [5.41, 5.74) is 1.73. The maximum absolute atomic E-state index is 10.4. The van der Waals surface area contributed by atoms with Gasteiger partial charge in [-0.2, -0.15) is 5.26 Å². The van der Waals surface area contributed by atoms with Gasteiger partial charge in [0.15, 0.2) is 10.2 Å². The van der Waals surface area contributed by atoms with E-state index in [-0.39, 0.29) is 17.1 Å². The smallest absolute Gasteiger partial charge is 0.206 e. The van der Waals surface area contributed by atoms with Crippen LogP contribution in [-0.2, 0) is 0 Å². The number of imidazole rings is 1. The number of hydrogen-bond acceptors (Lipinski definition) is 8. The van der Waals surface area contributed by atoms with Crippen LogP contribution in [0.15, 0.2) is 34.4 Å². The van der Waals surface area contributed by atoms with Crippen molar-refractivity contribution in [3.05, 3.63) is 35.8 Å². The minimum absolute atomic E-state index is 0.0245. The van der Waals surface area contributed by atoms with Gasteiger partial charge in [-0.05, 0) is 25.0 Å². The number of aromatic nitrogens is 4. The number of para-hydroxylation sites is 2. The molecule has 0 amide bonds. The number of aliphatic hydroxyl groups excluding tert-OH is 1. The van der Waals surface area contributed by atoms with Crippen molar-refractivity contribution in [3.8, 4) is 6.07 Å². The van der Waals surface area contributed by atoms with E-state index in [1.165, 1.54) is 55.2 Å². The van der Waals surface area contributed by atoms with E-state index in [1.54, 1.807) is 0 Å². The third-order valence-electron chi connectivity index (χ3n) is 4.70. The fraction of sp³-hybridized carbons (Fsp3) is 0.368. The first-order valence-electron chi connectivity index (χ1n) is 9.23. The molecular weight excluding hydrogens is 392 g/mol. The Labute approximate surface area is 170 Å². The van der Waals surface area contributed by atoms with Crippen molar-refractivity contribution in [1.29, 1.82) is 5.26 Å². The molecular formula is C19H20N6OS2. The van der Waals surface area contributed by atoms with Crippen LogP contribution in [0.5, 0.6) is 0 Å². The highest BCUT2D eigenvalue weighted by molar-refractivity contribution is 8.01. The molecule has 0 saturated heterocycles. The second-order valence-corrected chi connectivity index (χ2v) is 8.88. The van der Waals surface area contributed by atoms with E-state index in [2.05, 4.69) is 31.6 Å². The Morgan fingerprint density at radius 1 is 1.29 bits per heavy atom. The van der Waals surface area contributed by atoms with E-state index < -0.39 is 0 Å². The van der Waals surface area contributed by atoms with Crippen LogP contribution >= 0.6 is 23.1 Å². The highest BCUT2D eigenvalue weighted by Gasteiger charge is 2.17. The van der Waals surface area contributed by atoms with Crippen LogP contribution in [0, 0.1) is 11.3 Å². The first-order chi connectivity index (χ1) is 13.7. The van der Waals surface area contributed by atoms with E-state index >= 15 is 0 Å². The molecule has 1 fully saturated rings. The van der Waals surface area contributed by atoms with Crippen molar-refractivity contribution in [3.63, 3.8) is 0 Å². The normalized spacial score (nSPS) is 16.0. The maximum atomic E-state index is 10.4. The van der Waals surface area contributed by atoms with Gasteiger partial charge in [-0.15, -0.1) is 10.2 Å². The largest absolute Gasteiger partial charge is 0.510 e. The highest BCUT2D eigenvalue weighted by atomic mass is 32.2. The van der Waals surface area contributed by atoms with Gasteiger partial charge in [-0.1, -0.05) is 54.5 Å². The fourth-order valence-corrected chi connectivity index (χ4v) is 4.98. The Morgan fingerprint density at radius 2 is 2.11 bits per heavy atom. The highest BCUT2D eigenvalue weighted by Crippen LogP contribution is 2.30. The summed E-state index contributed by atoms with van der Waals surface area (Å²) in [5, 5.41) is 32.6. The lowest BCUT2D eigenvalue weighted by Gasteiger charge is -2.21. The molecule has 9 heteroatoms. The molecule has 1 aliphatic carbocycles. The summed E-state index contributed by atoms with van der Waals surface area (Å²) in [6, 6.07) is 10.0. The van der Waals surface area contributed by atoms with Crippen molar-refractivity contribution in [2.45, 2.75) is 42.5 Å². The Kier molecular flexibility index (Phi) is 5.78. The van der Waals surface area contributed by atoms with Gasteiger partial charge in [0.2, 0.25) is 5.13 Å². The number of nitrogens with one attached hydrogen (secondary N) is 2. The quantitative estimate of drug-likeness (QED) is 0.304. The van der Waals surface area contributed by atoms with Gasteiger partial charge in [0.05, 0.1) is 16.8 Å². The van der Waals surface area contributed by atoms with E-state index in [1.807, 2.05) is 24.3 Å². The van der Waals surface area contributed by atoms with Gasteiger partial charge in [0, 0.05) is 6.04 Å². The molecule has 3 aromatic rings. The lowest BCUT2D eigenvalue weighted by Crippen LogP contribution is -2.21. The standard InChI is InChI=1S/C19H20N6OS2/c20-10-13(17-22-14-8-4-5-9-15(14)23-17)16(26)11-27-19-25-24-18(28-19)21-12-6-2-1-3-7-12/h4-5,8-9,12,26H,1-3,6-7,11H2,(H,21,24)(H,22,23). The number of nitriles is 1. The molecule has 2 aromatic heterocycles. The first-order valence-corrected chi connectivity index (χ1v) is 11.0. The average molecular weight is 413 g/mol. The summed E-state index contributed by atoms with van der Waals surface area (Å²) in [6.45, 7) is 0. The SMILES string of the molecule is N#CC(=C(O)CSc1nnc(NC2CCCCC2)s1)c1nc2ccccc2[nH]1. The number of rotatable bonds is 6. The zero-order valence-electron chi connectivity index (χ0n) is 15.2. The number of thioether (sulfide) groups is 1. The zero-order valence-corrected chi connectivity index (χ0v) is 16.8. The summed E-state index contributed by atoms with van der Waals surface area (Å²) in [5.74, 6) is 0.583. The second kappa shape index (κ2) is 8.63. The molecule has 28 heavy (non-hydrogen) atoms. The number of aliphatic hydroxyl groups is 1. The van der Waals surface area contributed by atoms with E-state index in [4.69, 9.17) is 0 Å². The topological polar surface area (TPSA) is 111 Å². The van der Waals surface area contributed by atoms with Crippen LogP contribution in [-0.4, -0.2) is 37.1 Å².